The molecule has 0 unspecified atom stereocenters. The predicted molar refractivity (Wildman–Crippen MR) is 130 cm³/mol. The van der Waals surface area contributed by atoms with Crippen LogP contribution in [0, 0.1) is 0 Å². The SMILES string of the molecule is CCOc1ccc(Br)cc1C(=O)NC(=S)Nc1cccc(C(=O)Nc2ccccc2)c1. The van der Waals surface area contributed by atoms with Crippen LogP contribution in [0.4, 0.5) is 11.4 Å². The molecule has 31 heavy (non-hydrogen) atoms. The van der Waals surface area contributed by atoms with Crippen molar-refractivity contribution in [2.45, 2.75) is 6.92 Å². The molecule has 3 aromatic rings. The number of hydrogen-bond acceptors (Lipinski definition) is 4. The summed E-state index contributed by atoms with van der Waals surface area (Å²) in [7, 11) is 0. The quantitative estimate of drug-likeness (QED) is 0.406. The molecular formula is C23H20BrN3O3S. The van der Waals surface area contributed by atoms with E-state index >= 15 is 0 Å². The van der Waals surface area contributed by atoms with Crippen molar-refractivity contribution in [3.05, 3.63) is 88.4 Å². The van der Waals surface area contributed by atoms with E-state index in [9.17, 15) is 9.59 Å². The molecule has 2 amide bonds. The first-order valence-electron chi connectivity index (χ1n) is 9.47. The van der Waals surface area contributed by atoms with E-state index in [0.29, 0.717) is 34.9 Å². The number of amides is 2. The Balaban J connectivity index is 1.66. The van der Waals surface area contributed by atoms with Crippen LogP contribution in [-0.4, -0.2) is 23.5 Å². The fourth-order valence-electron chi connectivity index (χ4n) is 2.76. The van der Waals surface area contributed by atoms with Gasteiger partial charge in [0.1, 0.15) is 5.75 Å². The first kappa shape index (κ1) is 22.5. The smallest absolute Gasteiger partial charge is 0.261 e. The summed E-state index contributed by atoms with van der Waals surface area (Å²) in [6.45, 7) is 2.28. The van der Waals surface area contributed by atoms with Crippen LogP contribution in [0.2, 0.25) is 0 Å². The van der Waals surface area contributed by atoms with Crippen LogP contribution in [0.1, 0.15) is 27.6 Å². The topological polar surface area (TPSA) is 79.5 Å². The zero-order chi connectivity index (χ0) is 22.2. The minimum absolute atomic E-state index is 0.105. The molecule has 0 saturated heterocycles. The zero-order valence-electron chi connectivity index (χ0n) is 16.6. The molecule has 8 heteroatoms. The number of ether oxygens (including phenoxy) is 1. The Labute approximate surface area is 194 Å². The molecule has 0 fully saturated rings. The van der Waals surface area contributed by atoms with Crippen molar-refractivity contribution in [3.8, 4) is 5.75 Å². The molecule has 0 radical (unpaired) electrons. The van der Waals surface area contributed by atoms with E-state index in [-0.39, 0.29) is 11.0 Å². The lowest BCUT2D eigenvalue weighted by Crippen LogP contribution is -2.34. The average Bonchev–Trinajstić information content (AvgIpc) is 2.76. The third-order valence-corrected chi connectivity index (χ3v) is 4.82. The average molecular weight is 498 g/mol. The fourth-order valence-corrected chi connectivity index (χ4v) is 3.33. The van der Waals surface area contributed by atoms with Crippen molar-refractivity contribution in [1.82, 2.24) is 5.32 Å². The van der Waals surface area contributed by atoms with Gasteiger partial charge in [0.25, 0.3) is 11.8 Å². The van der Waals surface area contributed by atoms with Crippen molar-refractivity contribution in [3.63, 3.8) is 0 Å². The monoisotopic (exact) mass is 497 g/mol. The molecule has 0 aliphatic heterocycles. The molecule has 0 saturated carbocycles. The Hall–Kier alpha value is -3.23. The number of anilines is 2. The molecule has 0 aliphatic carbocycles. The van der Waals surface area contributed by atoms with E-state index in [1.807, 2.05) is 37.3 Å². The maximum Gasteiger partial charge on any atom is 0.261 e. The number of benzene rings is 3. The second kappa shape index (κ2) is 10.7. The lowest BCUT2D eigenvalue weighted by Gasteiger charge is -2.13. The summed E-state index contributed by atoms with van der Waals surface area (Å²) in [5.41, 5.74) is 2.09. The van der Waals surface area contributed by atoms with Gasteiger partial charge in [-0.1, -0.05) is 40.2 Å². The molecule has 0 heterocycles. The predicted octanol–water partition coefficient (Wildman–Crippen LogP) is 5.23. The van der Waals surface area contributed by atoms with Gasteiger partial charge in [0, 0.05) is 21.4 Å². The third kappa shape index (κ3) is 6.37. The van der Waals surface area contributed by atoms with Crippen LogP contribution < -0.4 is 20.7 Å². The van der Waals surface area contributed by atoms with Gasteiger partial charge < -0.3 is 15.4 Å². The van der Waals surface area contributed by atoms with E-state index in [4.69, 9.17) is 17.0 Å². The van der Waals surface area contributed by atoms with Gasteiger partial charge in [-0.3, -0.25) is 14.9 Å². The van der Waals surface area contributed by atoms with E-state index in [1.54, 1.807) is 42.5 Å². The number of rotatable bonds is 6. The minimum atomic E-state index is -0.403. The van der Waals surface area contributed by atoms with Gasteiger partial charge in [-0.25, -0.2) is 0 Å². The van der Waals surface area contributed by atoms with Gasteiger partial charge >= 0.3 is 0 Å². The molecular weight excluding hydrogens is 478 g/mol. The number of halogens is 1. The second-order valence-corrected chi connectivity index (χ2v) is 7.71. The highest BCUT2D eigenvalue weighted by Gasteiger charge is 2.15. The highest BCUT2D eigenvalue weighted by molar-refractivity contribution is 9.10. The first-order chi connectivity index (χ1) is 15.0. The van der Waals surface area contributed by atoms with E-state index in [1.165, 1.54) is 0 Å². The number of hydrogen-bond donors (Lipinski definition) is 3. The van der Waals surface area contributed by atoms with Gasteiger partial charge in [0.15, 0.2) is 5.11 Å². The van der Waals surface area contributed by atoms with E-state index in [2.05, 4.69) is 31.9 Å². The Morgan fingerprint density at radius 3 is 2.39 bits per heavy atom. The lowest BCUT2D eigenvalue weighted by molar-refractivity contribution is 0.0972. The third-order valence-electron chi connectivity index (χ3n) is 4.13. The largest absolute Gasteiger partial charge is 0.493 e. The standard InChI is InChI=1S/C23H20BrN3O3S/c1-2-30-20-12-11-16(24)14-19(20)22(29)27-23(31)26-18-10-6-7-15(13-18)21(28)25-17-8-4-3-5-9-17/h3-14H,2H2,1H3,(H,25,28)(H2,26,27,29,31). The van der Waals surface area contributed by atoms with Crippen LogP contribution in [0.5, 0.6) is 5.75 Å². The number of carbonyl (C=O) groups is 2. The Morgan fingerprint density at radius 2 is 1.65 bits per heavy atom. The van der Waals surface area contributed by atoms with E-state index < -0.39 is 5.91 Å². The number of nitrogens with one attached hydrogen (secondary N) is 3. The summed E-state index contributed by atoms with van der Waals surface area (Å²) < 4.78 is 6.26. The highest BCUT2D eigenvalue weighted by atomic mass is 79.9. The normalized spacial score (nSPS) is 10.1. The number of para-hydroxylation sites is 1. The van der Waals surface area contributed by atoms with Crippen molar-refractivity contribution in [2.75, 3.05) is 17.2 Å². The molecule has 0 spiro atoms. The maximum absolute atomic E-state index is 12.7. The van der Waals surface area contributed by atoms with Crippen LogP contribution in [0.15, 0.2) is 77.3 Å². The zero-order valence-corrected chi connectivity index (χ0v) is 19.0. The fraction of sp³-hybridized carbons (Fsp3) is 0.0870. The van der Waals surface area contributed by atoms with Crippen LogP contribution in [0.25, 0.3) is 0 Å². The molecule has 158 valence electrons. The van der Waals surface area contributed by atoms with Gasteiger partial charge in [0.2, 0.25) is 0 Å². The van der Waals surface area contributed by atoms with Crippen LogP contribution in [-0.2, 0) is 0 Å². The molecule has 6 nitrogen and oxygen atoms in total. The highest BCUT2D eigenvalue weighted by Crippen LogP contribution is 2.23. The molecule has 0 atom stereocenters. The summed E-state index contributed by atoms with van der Waals surface area (Å²) in [5.74, 6) is -0.189. The summed E-state index contributed by atoms with van der Waals surface area (Å²) >= 11 is 8.63. The lowest BCUT2D eigenvalue weighted by atomic mass is 10.2. The first-order valence-corrected chi connectivity index (χ1v) is 10.7. The maximum atomic E-state index is 12.7. The molecule has 0 aromatic heterocycles. The number of carbonyl (C=O) groups excluding carboxylic acids is 2. The van der Waals surface area contributed by atoms with Crippen molar-refractivity contribution in [2.24, 2.45) is 0 Å². The van der Waals surface area contributed by atoms with Crippen LogP contribution >= 0.6 is 28.1 Å². The Kier molecular flexibility index (Phi) is 7.75. The number of thiocarbonyl (C=S) groups is 1. The molecule has 0 aliphatic rings. The van der Waals surface area contributed by atoms with Crippen molar-refractivity contribution < 1.29 is 14.3 Å². The summed E-state index contributed by atoms with van der Waals surface area (Å²) in [4.78, 5) is 25.2. The summed E-state index contributed by atoms with van der Waals surface area (Å²) in [6.07, 6.45) is 0. The minimum Gasteiger partial charge on any atom is -0.493 e. The molecule has 0 bridgehead atoms. The Bertz CT molecular complexity index is 1110. The van der Waals surface area contributed by atoms with Gasteiger partial charge in [-0.15, -0.1) is 0 Å². The molecule has 3 N–H and O–H groups in total. The van der Waals surface area contributed by atoms with Crippen molar-refractivity contribution in [1.29, 1.82) is 0 Å². The molecule has 3 aromatic carbocycles. The van der Waals surface area contributed by atoms with E-state index in [0.717, 1.165) is 4.47 Å². The summed E-state index contributed by atoms with van der Waals surface area (Å²) in [5, 5.41) is 8.51. The van der Waals surface area contributed by atoms with Gasteiger partial charge in [-0.2, -0.15) is 0 Å². The molecule has 3 rings (SSSR count). The van der Waals surface area contributed by atoms with Gasteiger partial charge in [0.05, 0.1) is 12.2 Å². The summed E-state index contributed by atoms with van der Waals surface area (Å²) in [6, 6.07) is 21.2. The second-order valence-electron chi connectivity index (χ2n) is 6.38. The van der Waals surface area contributed by atoms with Crippen molar-refractivity contribution >= 4 is 56.4 Å². The Morgan fingerprint density at radius 1 is 0.903 bits per heavy atom. The van der Waals surface area contributed by atoms with Gasteiger partial charge in [-0.05, 0) is 67.7 Å². The van der Waals surface area contributed by atoms with Crippen LogP contribution in [0.3, 0.4) is 0 Å².